The van der Waals surface area contributed by atoms with Gasteiger partial charge in [0.2, 0.25) is 0 Å². The summed E-state index contributed by atoms with van der Waals surface area (Å²) in [6, 6.07) is 22.6. The maximum Gasteiger partial charge on any atom is 0.277 e. The van der Waals surface area contributed by atoms with Crippen LogP contribution >= 0.6 is 0 Å². The van der Waals surface area contributed by atoms with E-state index in [4.69, 9.17) is 4.74 Å². The number of nitrogens with zero attached hydrogens (tertiary/aromatic N) is 1. The van der Waals surface area contributed by atoms with Crippen LogP contribution in [-0.4, -0.2) is 23.7 Å². The summed E-state index contributed by atoms with van der Waals surface area (Å²) in [5.41, 5.74) is 3.21. The molecule has 4 aromatic rings. The number of aromatic nitrogens is 1. The smallest absolute Gasteiger partial charge is 0.277 e. The number of pyridine rings is 1. The molecule has 0 aliphatic heterocycles. The Kier molecular flexibility index (Phi) is 4.84. The summed E-state index contributed by atoms with van der Waals surface area (Å²) in [4.78, 5) is 26.8. The van der Waals surface area contributed by atoms with Crippen LogP contribution in [-0.2, 0) is 4.79 Å². The first-order valence-electron chi connectivity index (χ1n) is 8.75. The molecular weight excluding hydrogens is 354 g/mol. The third-order valence-corrected chi connectivity index (χ3v) is 4.28. The van der Waals surface area contributed by atoms with Crippen LogP contribution in [0, 0.1) is 0 Å². The molecule has 0 fully saturated rings. The number of benzene rings is 3. The van der Waals surface area contributed by atoms with Crippen LogP contribution in [0.3, 0.4) is 0 Å². The number of fused-ring (bicyclic) bond motifs is 2. The SMILES string of the molecule is O=C(COc1cccc2ccccc12)N/N=C\c1cc2ccccc2[nH]c1=O. The fourth-order valence-corrected chi connectivity index (χ4v) is 2.93. The number of hydrazone groups is 1. The topological polar surface area (TPSA) is 83.5 Å². The molecule has 1 aromatic heterocycles. The first kappa shape index (κ1) is 17.5. The molecule has 2 N–H and O–H groups in total. The van der Waals surface area contributed by atoms with E-state index in [9.17, 15) is 9.59 Å². The maximum absolute atomic E-state index is 12.1. The van der Waals surface area contributed by atoms with E-state index in [0.29, 0.717) is 11.3 Å². The Labute approximate surface area is 160 Å². The average molecular weight is 371 g/mol. The maximum atomic E-state index is 12.1. The minimum Gasteiger partial charge on any atom is -0.483 e. The van der Waals surface area contributed by atoms with Gasteiger partial charge in [-0.1, -0.05) is 54.6 Å². The molecular formula is C22H17N3O3. The van der Waals surface area contributed by atoms with Crippen molar-refractivity contribution in [3.8, 4) is 5.75 Å². The van der Waals surface area contributed by atoms with Crippen LogP contribution in [0.5, 0.6) is 5.75 Å². The van der Waals surface area contributed by atoms with Gasteiger partial charge in [0.25, 0.3) is 11.5 Å². The fourth-order valence-electron chi connectivity index (χ4n) is 2.93. The van der Waals surface area contributed by atoms with Gasteiger partial charge in [0.15, 0.2) is 6.61 Å². The highest BCUT2D eigenvalue weighted by atomic mass is 16.5. The standard InChI is InChI=1S/C22H17N3O3/c26-21(14-28-20-11-5-8-15-6-1-3-9-18(15)20)25-23-13-17-12-16-7-2-4-10-19(16)24-22(17)27/h1-13H,14H2,(H,24,27)(H,25,26)/b23-13-. The van der Waals surface area contributed by atoms with Crippen LogP contribution < -0.4 is 15.7 Å². The second-order valence-corrected chi connectivity index (χ2v) is 6.20. The number of carbonyl (C=O) groups excluding carboxylic acids is 1. The molecule has 4 rings (SSSR count). The molecule has 6 nitrogen and oxygen atoms in total. The molecule has 0 aliphatic carbocycles. The van der Waals surface area contributed by atoms with E-state index < -0.39 is 5.91 Å². The molecule has 1 heterocycles. The minimum atomic E-state index is -0.415. The second-order valence-electron chi connectivity index (χ2n) is 6.20. The Hall–Kier alpha value is -3.93. The molecule has 0 atom stereocenters. The summed E-state index contributed by atoms with van der Waals surface area (Å²) in [5, 5.41) is 6.71. The summed E-state index contributed by atoms with van der Waals surface area (Å²) in [6.07, 6.45) is 1.32. The lowest BCUT2D eigenvalue weighted by atomic mass is 10.1. The van der Waals surface area contributed by atoms with E-state index in [1.165, 1.54) is 6.21 Å². The predicted molar refractivity (Wildman–Crippen MR) is 110 cm³/mol. The zero-order valence-corrected chi connectivity index (χ0v) is 14.9. The molecule has 0 bridgehead atoms. The largest absolute Gasteiger partial charge is 0.483 e. The molecule has 3 aromatic carbocycles. The van der Waals surface area contributed by atoms with E-state index in [2.05, 4.69) is 15.5 Å². The quantitative estimate of drug-likeness (QED) is 0.417. The van der Waals surface area contributed by atoms with Crippen LogP contribution in [0.25, 0.3) is 21.7 Å². The Bertz CT molecular complexity index is 1240. The molecule has 0 spiro atoms. The number of hydrogen-bond donors (Lipinski definition) is 2. The number of rotatable bonds is 5. The van der Waals surface area contributed by atoms with Crippen LogP contribution in [0.2, 0.25) is 0 Å². The number of hydrogen-bond acceptors (Lipinski definition) is 4. The molecule has 28 heavy (non-hydrogen) atoms. The Morgan fingerprint density at radius 1 is 1.00 bits per heavy atom. The molecule has 0 aliphatic rings. The number of ether oxygens (including phenoxy) is 1. The van der Waals surface area contributed by atoms with Crippen LogP contribution in [0.4, 0.5) is 0 Å². The van der Waals surface area contributed by atoms with Crippen molar-refractivity contribution in [2.45, 2.75) is 0 Å². The Morgan fingerprint density at radius 2 is 1.75 bits per heavy atom. The zero-order valence-electron chi connectivity index (χ0n) is 14.9. The van der Waals surface area contributed by atoms with Crippen molar-refractivity contribution in [1.29, 1.82) is 0 Å². The van der Waals surface area contributed by atoms with E-state index in [-0.39, 0.29) is 12.2 Å². The number of aromatic amines is 1. The summed E-state index contributed by atoms with van der Waals surface area (Å²) in [6.45, 7) is -0.181. The van der Waals surface area contributed by atoms with Gasteiger partial charge in [0.05, 0.1) is 11.8 Å². The van der Waals surface area contributed by atoms with Crippen molar-refractivity contribution in [2.24, 2.45) is 5.10 Å². The summed E-state index contributed by atoms with van der Waals surface area (Å²) < 4.78 is 5.61. The van der Waals surface area contributed by atoms with Crippen molar-refractivity contribution in [3.63, 3.8) is 0 Å². The Balaban J connectivity index is 1.40. The lowest BCUT2D eigenvalue weighted by molar-refractivity contribution is -0.123. The van der Waals surface area contributed by atoms with E-state index >= 15 is 0 Å². The molecule has 0 unspecified atom stereocenters. The lowest BCUT2D eigenvalue weighted by Crippen LogP contribution is -2.25. The summed E-state index contributed by atoms with van der Waals surface area (Å²) in [7, 11) is 0. The monoisotopic (exact) mass is 371 g/mol. The van der Waals surface area contributed by atoms with Gasteiger partial charge in [-0.15, -0.1) is 0 Å². The predicted octanol–water partition coefficient (Wildman–Crippen LogP) is 3.21. The van der Waals surface area contributed by atoms with Gasteiger partial charge in [-0.2, -0.15) is 5.10 Å². The highest BCUT2D eigenvalue weighted by Crippen LogP contribution is 2.24. The van der Waals surface area contributed by atoms with Crippen molar-refractivity contribution >= 4 is 33.8 Å². The third kappa shape index (κ3) is 3.76. The lowest BCUT2D eigenvalue weighted by Gasteiger charge is -2.08. The zero-order chi connectivity index (χ0) is 19.3. The number of amides is 1. The fraction of sp³-hybridized carbons (Fsp3) is 0.0455. The molecule has 0 saturated heterocycles. The van der Waals surface area contributed by atoms with E-state index in [1.807, 2.05) is 66.7 Å². The average Bonchev–Trinajstić information content (AvgIpc) is 2.72. The van der Waals surface area contributed by atoms with E-state index in [1.54, 1.807) is 6.07 Å². The highest BCUT2D eigenvalue weighted by molar-refractivity contribution is 5.89. The van der Waals surface area contributed by atoms with Gasteiger partial charge >= 0.3 is 0 Å². The van der Waals surface area contributed by atoms with Crippen LogP contribution in [0.1, 0.15) is 5.56 Å². The van der Waals surface area contributed by atoms with Gasteiger partial charge in [-0.05, 0) is 29.0 Å². The second kappa shape index (κ2) is 7.75. The number of H-pyrrole nitrogens is 1. The van der Waals surface area contributed by atoms with Crippen molar-refractivity contribution < 1.29 is 9.53 Å². The van der Waals surface area contributed by atoms with E-state index in [0.717, 1.165) is 21.7 Å². The minimum absolute atomic E-state index is 0.181. The molecule has 1 amide bonds. The van der Waals surface area contributed by atoms with Gasteiger partial charge < -0.3 is 9.72 Å². The van der Waals surface area contributed by atoms with Gasteiger partial charge in [-0.3, -0.25) is 9.59 Å². The summed E-state index contributed by atoms with van der Waals surface area (Å²) in [5.74, 6) is 0.213. The Morgan fingerprint density at radius 3 is 2.64 bits per heavy atom. The van der Waals surface area contributed by atoms with Gasteiger partial charge in [-0.25, -0.2) is 5.43 Å². The van der Waals surface area contributed by atoms with Crippen molar-refractivity contribution in [1.82, 2.24) is 10.4 Å². The van der Waals surface area contributed by atoms with Crippen molar-refractivity contribution in [2.75, 3.05) is 6.61 Å². The molecule has 6 heteroatoms. The normalized spacial score (nSPS) is 11.1. The van der Waals surface area contributed by atoms with Crippen molar-refractivity contribution in [3.05, 3.63) is 88.7 Å². The van der Waals surface area contributed by atoms with Gasteiger partial charge in [0.1, 0.15) is 5.75 Å². The number of nitrogens with one attached hydrogen (secondary N) is 2. The van der Waals surface area contributed by atoms with Gasteiger partial charge in [0, 0.05) is 10.9 Å². The molecule has 0 radical (unpaired) electrons. The number of para-hydroxylation sites is 1. The first-order valence-corrected chi connectivity index (χ1v) is 8.75. The first-order chi connectivity index (χ1) is 13.7. The highest BCUT2D eigenvalue weighted by Gasteiger charge is 2.05. The summed E-state index contributed by atoms with van der Waals surface area (Å²) >= 11 is 0. The molecule has 138 valence electrons. The van der Waals surface area contributed by atoms with Crippen LogP contribution in [0.15, 0.2) is 82.7 Å². The molecule has 0 saturated carbocycles. The number of carbonyl (C=O) groups is 1. The third-order valence-electron chi connectivity index (χ3n) is 4.28.